The molecule has 74 valence electrons. The van der Waals surface area contributed by atoms with E-state index in [1.165, 1.54) is 11.8 Å². The quantitative estimate of drug-likeness (QED) is 0.663. The molecule has 1 heterocycles. The average Bonchev–Trinajstić information content (AvgIpc) is 2.09. The van der Waals surface area contributed by atoms with E-state index in [1.807, 2.05) is 6.26 Å². The molecule has 2 N–H and O–H groups in total. The summed E-state index contributed by atoms with van der Waals surface area (Å²) < 4.78 is 0. The lowest BCUT2D eigenvalue weighted by molar-refractivity contribution is -0.124. The molecule has 0 aromatic heterocycles. The van der Waals surface area contributed by atoms with Gasteiger partial charge in [-0.2, -0.15) is 11.8 Å². The Hall–Kier alpha value is -0.710. The second-order valence-corrected chi connectivity index (χ2v) is 3.91. The Bertz CT molecular complexity index is 198. The van der Waals surface area contributed by atoms with Gasteiger partial charge in [0.25, 0.3) is 0 Å². The molecule has 0 saturated carbocycles. The highest BCUT2D eigenvalue weighted by Crippen LogP contribution is 2.02. The summed E-state index contributed by atoms with van der Waals surface area (Å²) in [4.78, 5) is 21.9. The van der Waals surface area contributed by atoms with Crippen molar-refractivity contribution in [2.24, 2.45) is 0 Å². The number of thioether (sulfide) groups is 1. The molecule has 0 aromatic carbocycles. The largest absolute Gasteiger partial charge is 0.354 e. The first-order chi connectivity index (χ1) is 6.22. The fourth-order valence-corrected chi connectivity index (χ4v) is 1.60. The monoisotopic (exact) mass is 202 g/mol. The van der Waals surface area contributed by atoms with Crippen LogP contribution in [0.3, 0.4) is 0 Å². The van der Waals surface area contributed by atoms with Gasteiger partial charge in [0.2, 0.25) is 11.8 Å². The van der Waals surface area contributed by atoms with Crippen molar-refractivity contribution in [3.05, 3.63) is 0 Å². The minimum absolute atomic E-state index is 0.0497. The molecule has 0 aromatic rings. The fraction of sp³-hybridized carbons (Fsp3) is 0.750. The molecule has 1 fully saturated rings. The van der Waals surface area contributed by atoms with E-state index < -0.39 is 0 Å². The lowest BCUT2D eigenvalue weighted by atomic mass is 10.1. The molecular weight excluding hydrogens is 188 g/mol. The lowest BCUT2D eigenvalue weighted by Gasteiger charge is -2.23. The molecule has 1 rings (SSSR count). The van der Waals surface area contributed by atoms with Crippen LogP contribution in [0.25, 0.3) is 0 Å². The van der Waals surface area contributed by atoms with Crippen LogP contribution in [-0.4, -0.2) is 36.4 Å². The standard InChI is InChI=1S/C8H14N2O2S/c1-13-5-8(12)10-6-2-3-7(11)9-4-6/h6H,2-5H2,1H3,(H,9,11)(H,10,12). The topological polar surface area (TPSA) is 58.2 Å². The van der Waals surface area contributed by atoms with Gasteiger partial charge in [-0.1, -0.05) is 0 Å². The zero-order valence-electron chi connectivity index (χ0n) is 7.63. The van der Waals surface area contributed by atoms with Gasteiger partial charge < -0.3 is 10.6 Å². The van der Waals surface area contributed by atoms with Crippen molar-refractivity contribution in [2.75, 3.05) is 18.6 Å². The summed E-state index contributed by atoms with van der Waals surface area (Å²) in [7, 11) is 0. The summed E-state index contributed by atoms with van der Waals surface area (Å²) >= 11 is 1.50. The molecule has 1 aliphatic heterocycles. The lowest BCUT2D eigenvalue weighted by Crippen LogP contribution is -2.48. The molecule has 2 amide bonds. The van der Waals surface area contributed by atoms with Gasteiger partial charge in [-0.25, -0.2) is 0 Å². The first-order valence-corrected chi connectivity index (χ1v) is 5.66. The van der Waals surface area contributed by atoms with Crippen LogP contribution in [0.1, 0.15) is 12.8 Å². The third-order valence-corrected chi connectivity index (χ3v) is 2.46. The number of piperidine rings is 1. The Morgan fingerprint density at radius 2 is 2.54 bits per heavy atom. The summed E-state index contributed by atoms with van der Waals surface area (Å²) in [5, 5.41) is 5.58. The van der Waals surface area contributed by atoms with Crippen LogP contribution in [-0.2, 0) is 9.59 Å². The maximum absolute atomic E-state index is 11.1. The van der Waals surface area contributed by atoms with Gasteiger partial charge in [-0.05, 0) is 12.7 Å². The first kappa shape index (κ1) is 10.4. The maximum atomic E-state index is 11.1. The summed E-state index contributed by atoms with van der Waals surface area (Å²) in [6.07, 6.45) is 3.17. The Morgan fingerprint density at radius 3 is 3.08 bits per heavy atom. The van der Waals surface area contributed by atoms with Crippen LogP contribution in [0.15, 0.2) is 0 Å². The van der Waals surface area contributed by atoms with E-state index in [4.69, 9.17) is 0 Å². The van der Waals surface area contributed by atoms with Crippen LogP contribution < -0.4 is 10.6 Å². The smallest absolute Gasteiger partial charge is 0.230 e. The number of carbonyl (C=O) groups excluding carboxylic acids is 2. The zero-order chi connectivity index (χ0) is 9.68. The molecule has 0 spiro atoms. The minimum Gasteiger partial charge on any atom is -0.354 e. The third kappa shape index (κ3) is 3.67. The van der Waals surface area contributed by atoms with Gasteiger partial charge in [0.15, 0.2) is 0 Å². The highest BCUT2D eigenvalue weighted by atomic mass is 32.2. The molecule has 1 atom stereocenters. The van der Waals surface area contributed by atoms with Crippen molar-refractivity contribution in [1.29, 1.82) is 0 Å². The molecule has 4 nitrogen and oxygen atoms in total. The maximum Gasteiger partial charge on any atom is 0.230 e. The van der Waals surface area contributed by atoms with Crippen LogP contribution >= 0.6 is 11.8 Å². The second kappa shape index (κ2) is 5.11. The third-order valence-electron chi connectivity index (χ3n) is 1.91. The Labute approximate surface area is 81.8 Å². The van der Waals surface area contributed by atoms with Crippen molar-refractivity contribution in [3.63, 3.8) is 0 Å². The number of carbonyl (C=O) groups is 2. The normalized spacial score (nSPS) is 22.2. The predicted octanol–water partition coefficient (Wildman–Crippen LogP) is -0.256. The Kier molecular flexibility index (Phi) is 4.08. The van der Waals surface area contributed by atoms with Crippen LogP contribution in [0.4, 0.5) is 0 Å². The second-order valence-electron chi connectivity index (χ2n) is 3.04. The number of rotatable bonds is 3. The SMILES string of the molecule is CSCC(=O)NC1CCC(=O)NC1. The predicted molar refractivity (Wildman–Crippen MR) is 52.6 cm³/mol. The van der Waals surface area contributed by atoms with Crippen LogP contribution in [0.2, 0.25) is 0 Å². The van der Waals surface area contributed by atoms with Gasteiger partial charge in [0, 0.05) is 19.0 Å². The zero-order valence-corrected chi connectivity index (χ0v) is 8.45. The highest BCUT2D eigenvalue weighted by molar-refractivity contribution is 7.99. The van der Waals surface area contributed by atoms with Gasteiger partial charge in [-0.15, -0.1) is 0 Å². The molecule has 13 heavy (non-hydrogen) atoms. The number of amides is 2. The van der Waals surface area contributed by atoms with Crippen LogP contribution in [0.5, 0.6) is 0 Å². The van der Waals surface area contributed by atoms with Crippen LogP contribution in [0, 0.1) is 0 Å². The number of nitrogens with one attached hydrogen (secondary N) is 2. The number of hydrogen-bond acceptors (Lipinski definition) is 3. The average molecular weight is 202 g/mol. The molecule has 0 bridgehead atoms. The van der Waals surface area contributed by atoms with E-state index in [9.17, 15) is 9.59 Å². The molecule has 0 aliphatic carbocycles. The van der Waals surface area contributed by atoms with Crippen molar-refractivity contribution in [2.45, 2.75) is 18.9 Å². The van der Waals surface area contributed by atoms with Gasteiger partial charge in [-0.3, -0.25) is 9.59 Å². The molecule has 1 unspecified atom stereocenters. The van der Waals surface area contributed by atoms with Gasteiger partial charge >= 0.3 is 0 Å². The van der Waals surface area contributed by atoms with E-state index in [2.05, 4.69) is 10.6 Å². The Morgan fingerprint density at radius 1 is 1.77 bits per heavy atom. The van der Waals surface area contributed by atoms with Gasteiger partial charge in [0.05, 0.1) is 5.75 Å². The van der Waals surface area contributed by atoms with E-state index >= 15 is 0 Å². The number of hydrogen-bond donors (Lipinski definition) is 2. The highest BCUT2D eigenvalue weighted by Gasteiger charge is 2.18. The summed E-state index contributed by atoms with van der Waals surface area (Å²) in [6, 6.07) is 0.123. The first-order valence-electron chi connectivity index (χ1n) is 4.27. The molecule has 5 heteroatoms. The van der Waals surface area contributed by atoms with Gasteiger partial charge in [0.1, 0.15) is 0 Å². The fourth-order valence-electron chi connectivity index (χ4n) is 1.26. The molecule has 1 aliphatic rings. The van der Waals surface area contributed by atoms with E-state index in [0.29, 0.717) is 18.7 Å². The summed E-state index contributed by atoms with van der Waals surface area (Å²) in [5.41, 5.74) is 0. The minimum atomic E-state index is 0.0497. The molecule has 1 saturated heterocycles. The molecular formula is C8H14N2O2S. The van der Waals surface area contributed by atoms with Crippen molar-refractivity contribution in [1.82, 2.24) is 10.6 Å². The summed E-state index contributed by atoms with van der Waals surface area (Å²) in [6.45, 7) is 0.568. The van der Waals surface area contributed by atoms with E-state index in [-0.39, 0.29) is 17.9 Å². The molecule has 0 radical (unpaired) electrons. The van der Waals surface area contributed by atoms with Crippen molar-refractivity contribution in [3.8, 4) is 0 Å². The van der Waals surface area contributed by atoms with Crippen molar-refractivity contribution < 1.29 is 9.59 Å². The summed E-state index contributed by atoms with van der Waals surface area (Å²) in [5.74, 6) is 0.619. The van der Waals surface area contributed by atoms with E-state index in [0.717, 1.165) is 6.42 Å². The van der Waals surface area contributed by atoms with E-state index in [1.54, 1.807) is 0 Å². The van der Waals surface area contributed by atoms with Crippen molar-refractivity contribution >= 4 is 23.6 Å². The Balaban J connectivity index is 2.22.